The molecule has 0 saturated carbocycles. The minimum atomic E-state index is 0.783. The topological polar surface area (TPSA) is 4.93 Å². The summed E-state index contributed by atoms with van der Waals surface area (Å²) in [6, 6.07) is 26.4. The van der Waals surface area contributed by atoms with E-state index in [9.17, 15) is 0 Å². The van der Waals surface area contributed by atoms with Crippen molar-refractivity contribution in [1.82, 2.24) is 4.57 Å². The molecule has 0 bridgehead atoms. The Morgan fingerprint density at radius 1 is 0.786 bits per heavy atom. The van der Waals surface area contributed by atoms with Gasteiger partial charge in [-0.2, -0.15) is 0 Å². The van der Waals surface area contributed by atoms with Crippen LogP contribution in [0.4, 0.5) is 0 Å². The molecule has 1 aliphatic carbocycles. The van der Waals surface area contributed by atoms with Crippen LogP contribution >= 0.6 is 0 Å². The van der Waals surface area contributed by atoms with Crippen molar-refractivity contribution in [1.29, 1.82) is 0 Å². The Morgan fingerprint density at radius 2 is 1.43 bits per heavy atom. The van der Waals surface area contributed by atoms with E-state index in [-0.39, 0.29) is 0 Å². The van der Waals surface area contributed by atoms with Gasteiger partial charge in [0.25, 0.3) is 0 Å². The van der Waals surface area contributed by atoms with Gasteiger partial charge < -0.3 is 4.57 Å². The molecule has 4 aromatic rings. The summed E-state index contributed by atoms with van der Waals surface area (Å²) < 4.78 is 2.37. The molecule has 1 nitrogen and oxygen atoms in total. The van der Waals surface area contributed by atoms with Crippen LogP contribution in [0.2, 0.25) is 0 Å². The molecule has 1 unspecified atom stereocenters. The number of benzene rings is 3. The van der Waals surface area contributed by atoms with Gasteiger partial charge in [-0.3, -0.25) is 0 Å². The van der Waals surface area contributed by atoms with E-state index in [1.807, 2.05) is 0 Å². The molecule has 0 N–H and O–H groups in total. The molecule has 1 heteroatoms. The molecular formula is C27H25N. The molecule has 0 aliphatic heterocycles. The highest BCUT2D eigenvalue weighted by molar-refractivity contribution is 6.09. The minimum Gasteiger partial charge on any atom is -0.309 e. The molecule has 1 aliphatic rings. The van der Waals surface area contributed by atoms with Gasteiger partial charge in [0.1, 0.15) is 0 Å². The van der Waals surface area contributed by atoms with Crippen LogP contribution in [0.15, 0.2) is 91.0 Å². The van der Waals surface area contributed by atoms with Crippen molar-refractivity contribution in [3.05, 3.63) is 96.6 Å². The number of rotatable bonds is 3. The highest BCUT2D eigenvalue weighted by Gasteiger charge is 2.12. The molecule has 1 aromatic heterocycles. The standard InChI is InChI=1S/C27H25N/c1-2-20-8-7-9-21(15-14-20)22-16-18-23(19-17-22)28-26-12-5-3-10-24(26)25-11-4-6-13-27(25)28/h3-7,9-13,15-20H,2,8,14H2,1H3. The molecule has 0 radical (unpaired) electrons. The second-order valence-electron chi connectivity index (χ2n) is 7.72. The lowest BCUT2D eigenvalue weighted by molar-refractivity contribution is 0.527. The zero-order chi connectivity index (χ0) is 18.9. The SMILES string of the molecule is CCC1CC=CC(c2ccc(-n3c4ccccc4c4ccccc43)cc2)=CC1. The molecular weight excluding hydrogens is 338 g/mol. The van der Waals surface area contributed by atoms with E-state index in [0.29, 0.717) is 0 Å². The van der Waals surface area contributed by atoms with Crippen LogP contribution in [0.25, 0.3) is 33.1 Å². The van der Waals surface area contributed by atoms with Crippen molar-refractivity contribution in [2.24, 2.45) is 5.92 Å². The normalized spacial score (nSPS) is 17.0. The first-order valence-electron chi connectivity index (χ1n) is 10.3. The second-order valence-corrected chi connectivity index (χ2v) is 7.72. The number of aromatic nitrogens is 1. The fourth-order valence-corrected chi connectivity index (χ4v) is 4.40. The highest BCUT2D eigenvalue weighted by atomic mass is 15.0. The fourth-order valence-electron chi connectivity index (χ4n) is 4.40. The van der Waals surface area contributed by atoms with E-state index >= 15 is 0 Å². The Hall–Kier alpha value is -3.06. The predicted molar refractivity (Wildman–Crippen MR) is 121 cm³/mol. The van der Waals surface area contributed by atoms with E-state index in [0.717, 1.165) is 5.92 Å². The maximum Gasteiger partial charge on any atom is 0.0541 e. The van der Waals surface area contributed by atoms with Crippen molar-refractivity contribution in [3.63, 3.8) is 0 Å². The van der Waals surface area contributed by atoms with Gasteiger partial charge in [-0.15, -0.1) is 0 Å². The quantitative estimate of drug-likeness (QED) is 0.354. The average molecular weight is 364 g/mol. The van der Waals surface area contributed by atoms with Gasteiger partial charge in [-0.25, -0.2) is 0 Å². The smallest absolute Gasteiger partial charge is 0.0541 e. The first kappa shape index (κ1) is 17.1. The molecule has 0 saturated heterocycles. The number of nitrogens with zero attached hydrogens (tertiary/aromatic N) is 1. The third-order valence-corrected chi connectivity index (χ3v) is 6.05. The van der Waals surface area contributed by atoms with E-state index in [2.05, 4.69) is 103 Å². The van der Waals surface area contributed by atoms with Gasteiger partial charge >= 0.3 is 0 Å². The summed E-state index contributed by atoms with van der Waals surface area (Å²) in [5.41, 5.74) is 6.39. The van der Waals surface area contributed by atoms with Crippen molar-refractivity contribution < 1.29 is 0 Å². The van der Waals surface area contributed by atoms with Crippen LogP contribution in [-0.4, -0.2) is 4.57 Å². The molecule has 28 heavy (non-hydrogen) atoms. The van der Waals surface area contributed by atoms with Crippen molar-refractivity contribution in [2.45, 2.75) is 26.2 Å². The summed E-state index contributed by atoms with van der Waals surface area (Å²) in [6.07, 6.45) is 10.7. The molecule has 1 heterocycles. The van der Waals surface area contributed by atoms with Crippen molar-refractivity contribution in [2.75, 3.05) is 0 Å². The van der Waals surface area contributed by atoms with E-state index in [1.54, 1.807) is 0 Å². The van der Waals surface area contributed by atoms with Gasteiger partial charge in [0.15, 0.2) is 0 Å². The molecule has 0 spiro atoms. The maximum atomic E-state index is 2.41. The number of allylic oxidation sites excluding steroid dienone is 4. The maximum absolute atomic E-state index is 2.41. The van der Waals surface area contributed by atoms with Crippen LogP contribution in [-0.2, 0) is 0 Å². The molecule has 1 atom stereocenters. The summed E-state index contributed by atoms with van der Waals surface area (Å²) in [7, 11) is 0. The van der Waals surface area contributed by atoms with Crippen LogP contribution in [0.3, 0.4) is 0 Å². The Labute approximate surface area is 166 Å². The van der Waals surface area contributed by atoms with E-state index < -0.39 is 0 Å². The molecule has 3 aromatic carbocycles. The number of fused-ring (bicyclic) bond motifs is 3. The van der Waals surface area contributed by atoms with Gasteiger partial charge in [-0.1, -0.05) is 80.1 Å². The minimum absolute atomic E-state index is 0.783. The van der Waals surface area contributed by atoms with Gasteiger partial charge in [0.2, 0.25) is 0 Å². The van der Waals surface area contributed by atoms with Gasteiger partial charge in [-0.05, 0) is 54.2 Å². The van der Waals surface area contributed by atoms with Crippen LogP contribution in [0.5, 0.6) is 0 Å². The Morgan fingerprint density at radius 3 is 2.07 bits per heavy atom. The van der Waals surface area contributed by atoms with Gasteiger partial charge in [0.05, 0.1) is 11.0 Å². The summed E-state index contributed by atoms with van der Waals surface area (Å²) in [4.78, 5) is 0. The zero-order valence-corrected chi connectivity index (χ0v) is 16.3. The fraction of sp³-hybridized carbons (Fsp3) is 0.185. The third kappa shape index (κ3) is 2.88. The summed E-state index contributed by atoms with van der Waals surface area (Å²) in [6.45, 7) is 2.29. The second kappa shape index (κ2) is 7.16. The number of hydrogen-bond acceptors (Lipinski definition) is 0. The van der Waals surface area contributed by atoms with E-state index in [4.69, 9.17) is 0 Å². The molecule has 138 valence electrons. The summed E-state index contributed by atoms with van der Waals surface area (Å²) in [5, 5.41) is 2.62. The molecule has 0 amide bonds. The lowest BCUT2D eigenvalue weighted by atomic mass is 9.99. The number of hydrogen-bond donors (Lipinski definition) is 0. The first-order valence-corrected chi connectivity index (χ1v) is 10.3. The first-order chi connectivity index (χ1) is 13.8. The Kier molecular flexibility index (Phi) is 4.37. The van der Waals surface area contributed by atoms with Crippen LogP contribution in [0.1, 0.15) is 31.7 Å². The summed E-state index contributed by atoms with van der Waals surface area (Å²) in [5.74, 6) is 0.783. The lowest BCUT2D eigenvalue weighted by Crippen LogP contribution is -1.94. The van der Waals surface area contributed by atoms with Crippen molar-refractivity contribution >= 4 is 27.4 Å². The molecule has 0 fully saturated rings. The van der Waals surface area contributed by atoms with Crippen LogP contribution in [0, 0.1) is 5.92 Å². The van der Waals surface area contributed by atoms with Gasteiger partial charge in [0, 0.05) is 16.5 Å². The van der Waals surface area contributed by atoms with Crippen molar-refractivity contribution in [3.8, 4) is 5.69 Å². The molecule has 5 rings (SSSR count). The predicted octanol–water partition coefficient (Wildman–Crippen LogP) is 7.54. The zero-order valence-electron chi connectivity index (χ0n) is 16.3. The largest absolute Gasteiger partial charge is 0.309 e. The Bertz CT molecular complexity index is 1130. The summed E-state index contributed by atoms with van der Waals surface area (Å²) >= 11 is 0. The Balaban J connectivity index is 1.59. The lowest BCUT2D eigenvalue weighted by Gasteiger charge is -2.10. The average Bonchev–Trinajstić information content (AvgIpc) is 2.90. The third-order valence-electron chi connectivity index (χ3n) is 6.05. The van der Waals surface area contributed by atoms with E-state index in [1.165, 1.54) is 57.9 Å². The monoisotopic (exact) mass is 363 g/mol. The highest BCUT2D eigenvalue weighted by Crippen LogP contribution is 2.32. The van der Waals surface area contributed by atoms with Crippen LogP contribution < -0.4 is 0 Å². The number of para-hydroxylation sites is 2.